The number of esters is 1. The Morgan fingerprint density at radius 1 is 1.41 bits per heavy atom. The number of carbonyl (C=O) groups is 3. The molecule has 2 amide bonds. The first-order valence-corrected chi connectivity index (χ1v) is 10.5. The zero-order chi connectivity index (χ0) is 21.0. The fourth-order valence-electron chi connectivity index (χ4n) is 3.31. The van der Waals surface area contributed by atoms with Gasteiger partial charge < -0.3 is 19.0 Å². The highest BCUT2D eigenvalue weighted by Crippen LogP contribution is 2.26. The first-order valence-electron chi connectivity index (χ1n) is 9.61. The molecule has 1 atom stereocenters. The number of aromatic nitrogens is 1. The second kappa shape index (κ2) is 9.21. The Bertz CT molecular complexity index is 877. The molecule has 0 bridgehead atoms. The van der Waals surface area contributed by atoms with Crippen LogP contribution in [-0.4, -0.2) is 65.9 Å². The minimum absolute atomic E-state index is 0.0883. The molecule has 3 rings (SSSR count). The van der Waals surface area contributed by atoms with Crippen molar-refractivity contribution in [3.8, 4) is 10.8 Å². The number of carbonyl (C=O) groups excluding carboxylic acids is 3. The lowest BCUT2D eigenvalue weighted by molar-refractivity contribution is -0.151. The van der Waals surface area contributed by atoms with Crippen LogP contribution in [0.5, 0.6) is 0 Å². The lowest BCUT2D eigenvalue weighted by atomic mass is 9.98. The van der Waals surface area contributed by atoms with Crippen molar-refractivity contribution in [2.75, 3.05) is 33.3 Å². The molecule has 29 heavy (non-hydrogen) atoms. The van der Waals surface area contributed by atoms with Gasteiger partial charge in [0, 0.05) is 20.1 Å². The number of hydrogen-bond donors (Lipinski definition) is 0. The highest BCUT2D eigenvalue weighted by Gasteiger charge is 2.31. The molecule has 0 aromatic carbocycles. The van der Waals surface area contributed by atoms with E-state index in [0.29, 0.717) is 37.8 Å². The van der Waals surface area contributed by atoms with Crippen molar-refractivity contribution in [1.29, 1.82) is 0 Å². The molecule has 0 radical (unpaired) electrons. The number of amides is 2. The first-order chi connectivity index (χ1) is 13.9. The van der Waals surface area contributed by atoms with Gasteiger partial charge in [-0.15, -0.1) is 11.3 Å². The summed E-state index contributed by atoms with van der Waals surface area (Å²) in [4.78, 5) is 45.6. The maximum Gasteiger partial charge on any atom is 0.310 e. The van der Waals surface area contributed by atoms with Crippen LogP contribution in [0.3, 0.4) is 0 Å². The average Bonchev–Trinajstić information content (AvgIpc) is 3.37. The number of hydrogen-bond acceptors (Lipinski definition) is 7. The van der Waals surface area contributed by atoms with E-state index in [4.69, 9.17) is 9.15 Å². The summed E-state index contributed by atoms with van der Waals surface area (Å²) in [5.41, 5.74) is 0.201. The standard InChI is InChI=1S/C20H25N3O5S/c1-4-27-20(26)14-7-5-9-23(11-14)16(24)12-22(3)19(25)17-13(2)28-18(21-17)15-8-6-10-29-15/h6,8,10,14H,4-5,7,9,11-12H2,1-3H3. The van der Waals surface area contributed by atoms with Gasteiger partial charge in [-0.1, -0.05) is 6.07 Å². The van der Waals surface area contributed by atoms with Crippen LogP contribution in [0.2, 0.25) is 0 Å². The van der Waals surface area contributed by atoms with Crippen molar-refractivity contribution in [1.82, 2.24) is 14.8 Å². The predicted octanol–water partition coefficient (Wildman–Crippen LogP) is 2.59. The molecule has 0 N–H and O–H groups in total. The van der Waals surface area contributed by atoms with Crippen LogP contribution in [0.4, 0.5) is 0 Å². The number of rotatable bonds is 6. The van der Waals surface area contributed by atoms with Gasteiger partial charge >= 0.3 is 5.97 Å². The Labute approximate surface area is 173 Å². The van der Waals surface area contributed by atoms with E-state index in [9.17, 15) is 14.4 Å². The van der Waals surface area contributed by atoms with Crippen molar-refractivity contribution < 1.29 is 23.5 Å². The number of nitrogens with zero attached hydrogens (tertiary/aromatic N) is 3. The van der Waals surface area contributed by atoms with Crippen molar-refractivity contribution in [3.63, 3.8) is 0 Å². The molecule has 8 nitrogen and oxygen atoms in total. The van der Waals surface area contributed by atoms with Crippen LogP contribution < -0.4 is 0 Å². The van der Waals surface area contributed by atoms with Crippen molar-refractivity contribution in [3.05, 3.63) is 29.0 Å². The summed E-state index contributed by atoms with van der Waals surface area (Å²) in [6, 6.07) is 3.75. The highest BCUT2D eigenvalue weighted by atomic mass is 32.1. The molecule has 1 aliphatic heterocycles. The summed E-state index contributed by atoms with van der Waals surface area (Å²) in [7, 11) is 1.56. The summed E-state index contributed by atoms with van der Waals surface area (Å²) in [6.07, 6.45) is 1.44. The van der Waals surface area contributed by atoms with Gasteiger partial charge in [0.05, 0.1) is 23.9 Å². The number of ether oxygens (including phenoxy) is 1. The summed E-state index contributed by atoms with van der Waals surface area (Å²) < 4.78 is 10.7. The molecule has 2 aromatic rings. The van der Waals surface area contributed by atoms with Gasteiger partial charge in [0.15, 0.2) is 5.69 Å². The lowest BCUT2D eigenvalue weighted by Gasteiger charge is -2.32. The number of aryl methyl sites for hydroxylation is 1. The molecule has 156 valence electrons. The van der Waals surface area contributed by atoms with Crippen molar-refractivity contribution in [2.24, 2.45) is 5.92 Å². The third kappa shape index (κ3) is 4.84. The summed E-state index contributed by atoms with van der Waals surface area (Å²) in [5.74, 6) is -0.337. The molecular weight excluding hydrogens is 394 g/mol. The summed E-state index contributed by atoms with van der Waals surface area (Å²) in [6.45, 7) is 4.58. The van der Waals surface area contributed by atoms with Crippen LogP contribution in [0.15, 0.2) is 21.9 Å². The normalized spacial score (nSPS) is 16.5. The summed E-state index contributed by atoms with van der Waals surface area (Å²) >= 11 is 1.47. The second-order valence-electron chi connectivity index (χ2n) is 6.99. The number of likely N-dealkylation sites (tertiary alicyclic amines) is 1. The molecule has 0 saturated carbocycles. The molecule has 1 aliphatic rings. The fraction of sp³-hybridized carbons (Fsp3) is 0.500. The third-order valence-corrected chi connectivity index (χ3v) is 5.70. The van der Waals surface area contributed by atoms with E-state index in [-0.39, 0.29) is 35.9 Å². The lowest BCUT2D eigenvalue weighted by Crippen LogP contribution is -2.47. The molecule has 1 unspecified atom stereocenters. The Morgan fingerprint density at radius 3 is 2.90 bits per heavy atom. The third-order valence-electron chi connectivity index (χ3n) is 4.84. The van der Waals surface area contributed by atoms with Gasteiger partial charge in [0.1, 0.15) is 5.76 Å². The monoisotopic (exact) mass is 419 g/mol. The van der Waals surface area contributed by atoms with E-state index in [1.54, 1.807) is 25.8 Å². The first kappa shape index (κ1) is 21.0. The Kier molecular flexibility index (Phi) is 6.68. The van der Waals surface area contributed by atoms with Gasteiger partial charge in [0.2, 0.25) is 11.8 Å². The number of piperidine rings is 1. The number of likely N-dealkylation sites (N-methyl/N-ethyl adjacent to an activating group) is 1. The molecular formula is C20H25N3O5S. The molecule has 2 aromatic heterocycles. The van der Waals surface area contributed by atoms with E-state index in [0.717, 1.165) is 11.3 Å². The maximum absolute atomic E-state index is 12.8. The van der Waals surface area contributed by atoms with Crippen LogP contribution in [0, 0.1) is 12.8 Å². The molecule has 0 spiro atoms. The van der Waals surface area contributed by atoms with E-state index in [1.165, 1.54) is 16.2 Å². The topological polar surface area (TPSA) is 93.0 Å². The predicted molar refractivity (Wildman–Crippen MR) is 107 cm³/mol. The molecule has 9 heteroatoms. The van der Waals surface area contributed by atoms with Gasteiger partial charge in [-0.2, -0.15) is 0 Å². The van der Waals surface area contributed by atoms with Crippen LogP contribution >= 0.6 is 11.3 Å². The maximum atomic E-state index is 12.8. The Morgan fingerprint density at radius 2 is 2.21 bits per heavy atom. The molecule has 1 saturated heterocycles. The van der Waals surface area contributed by atoms with Gasteiger partial charge in [-0.25, -0.2) is 4.98 Å². The quantitative estimate of drug-likeness (QED) is 0.668. The highest BCUT2D eigenvalue weighted by molar-refractivity contribution is 7.13. The smallest absolute Gasteiger partial charge is 0.310 e. The minimum atomic E-state index is -0.374. The second-order valence-corrected chi connectivity index (χ2v) is 7.94. The number of oxazole rings is 1. The van der Waals surface area contributed by atoms with Crippen molar-refractivity contribution in [2.45, 2.75) is 26.7 Å². The zero-order valence-corrected chi connectivity index (χ0v) is 17.7. The zero-order valence-electron chi connectivity index (χ0n) is 16.8. The molecule has 3 heterocycles. The average molecular weight is 420 g/mol. The van der Waals surface area contributed by atoms with E-state index < -0.39 is 0 Å². The van der Waals surface area contributed by atoms with Crippen molar-refractivity contribution >= 4 is 29.1 Å². The molecule has 0 aliphatic carbocycles. The van der Waals surface area contributed by atoms with Crippen LogP contribution in [0.25, 0.3) is 10.8 Å². The Hall–Kier alpha value is -2.68. The molecule has 1 fully saturated rings. The Balaban J connectivity index is 1.62. The van der Waals surface area contributed by atoms with E-state index in [2.05, 4.69) is 4.98 Å². The van der Waals surface area contributed by atoms with Crippen LogP contribution in [0.1, 0.15) is 36.0 Å². The van der Waals surface area contributed by atoms with Gasteiger partial charge in [-0.05, 0) is 38.1 Å². The van der Waals surface area contributed by atoms with E-state index >= 15 is 0 Å². The van der Waals surface area contributed by atoms with Gasteiger partial charge in [-0.3, -0.25) is 14.4 Å². The largest absolute Gasteiger partial charge is 0.466 e. The summed E-state index contributed by atoms with van der Waals surface area (Å²) in [5, 5.41) is 1.91. The fourth-order valence-corrected chi connectivity index (χ4v) is 3.96. The SMILES string of the molecule is CCOC(=O)C1CCCN(C(=O)CN(C)C(=O)c2nc(-c3cccs3)oc2C)C1. The number of thiophene rings is 1. The van der Waals surface area contributed by atoms with Gasteiger partial charge in [0.25, 0.3) is 5.91 Å². The minimum Gasteiger partial charge on any atom is -0.466 e. The van der Waals surface area contributed by atoms with Crippen LogP contribution in [-0.2, 0) is 14.3 Å². The van der Waals surface area contributed by atoms with E-state index in [1.807, 2.05) is 17.5 Å².